The number of methoxy groups -OCH3 is 3. The van der Waals surface area contributed by atoms with E-state index in [2.05, 4.69) is 5.32 Å². The first kappa shape index (κ1) is 21.6. The highest BCUT2D eigenvalue weighted by Gasteiger charge is 2.33. The Labute approximate surface area is 176 Å². The average Bonchev–Trinajstić information content (AvgIpc) is 3.24. The van der Waals surface area contributed by atoms with Crippen molar-refractivity contribution in [2.75, 3.05) is 34.4 Å². The summed E-state index contributed by atoms with van der Waals surface area (Å²) in [5.74, 6) is 1.24. The number of hydrogen-bond acceptors (Lipinski definition) is 5. The number of hydrogen-bond donors (Lipinski definition) is 2. The van der Waals surface area contributed by atoms with Crippen molar-refractivity contribution in [2.45, 2.75) is 25.4 Å². The Morgan fingerprint density at radius 2 is 1.83 bits per heavy atom. The summed E-state index contributed by atoms with van der Waals surface area (Å²) < 4.78 is 15.6. The molecule has 0 aromatic heterocycles. The Hall–Kier alpha value is -3.06. The molecule has 0 spiro atoms. The van der Waals surface area contributed by atoms with Gasteiger partial charge in [-0.3, -0.25) is 4.79 Å². The van der Waals surface area contributed by atoms with E-state index in [0.717, 1.165) is 42.0 Å². The van der Waals surface area contributed by atoms with Crippen LogP contribution in [0, 0.1) is 0 Å². The summed E-state index contributed by atoms with van der Waals surface area (Å²) in [6.07, 6.45) is 2.06. The second-order valence-electron chi connectivity index (χ2n) is 7.35. The third kappa shape index (κ3) is 5.10. The normalized spacial score (nSPS) is 18.0. The van der Waals surface area contributed by atoms with Gasteiger partial charge in [0, 0.05) is 19.4 Å². The standard InChI is InChI=1S/C23H28N2O5/c1-28-18-10-11-21(29-2)19(13-18)20-5-4-12-25(20)15-22(26)24-14-16-6-8-17(9-7-16)23(27)30-3/h6-11,13,20H,4-5,12,14-15H2,1-3H3,(H,24,26)/p+1/t20-/m0/s1. The number of amides is 1. The summed E-state index contributed by atoms with van der Waals surface area (Å²) in [7, 11) is 4.67. The molecule has 2 N–H and O–H groups in total. The lowest BCUT2D eigenvalue weighted by molar-refractivity contribution is -0.910. The summed E-state index contributed by atoms with van der Waals surface area (Å²) in [4.78, 5) is 25.3. The van der Waals surface area contributed by atoms with Crippen LogP contribution in [0.1, 0.15) is 40.4 Å². The van der Waals surface area contributed by atoms with E-state index in [1.54, 1.807) is 26.4 Å². The summed E-state index contributed by atoms with van der Waals surface area (Å²) in [6.45, 7) is 1.75. The van der Waals surface area contributed by atoms with E-state index >= 15 is 0 Å². The maximum Gasteiger partial charge on any atom is 0.337 e. The molecule has 7 nitrogen and oxygen atoms in total. The Kier molecular flexibility index (Phi) is 7.30. The molecule has 3 rings (SSSR count). The van der Waals surface area contributed by atoms with E-state index in [1.165, 1.54) is 12.0 Å². The highest BCUT2D eigenvalue weighted by molar-refractivity contribution is 5.89. The van der Waals surface area contributed by atoms with Gasteiger partial charge in [0.25, 0.3) is 5.91 Å². The lowest BCUT2D eigenvalue weighted by Crippen LogP contribution is -3.11. The number of rotatable bonds is 8. The molecule has 30 heavy (non-hydrogen) atoms. The molecule has 1 fully saturated rings. The minimum absolute atomic E-state index is 0.00388. The van der Waals surface area contributed by atoms with Gasteiger partial charge in [0.2, 0.25) is 0 Å². The molecule has 1 amide bonds. The number of ether oxygens (including phenoxy) is 3. The molecular formula is C23H29N2O5+. The molecule has 0 bridgehead atoms. The summed E-state index contributed by atoms with van der Waals surface area (Å²) >= 11 is 0. The van der Waals surface area contributed by atoms with E-state index in [0.29, 0.717) is 18.7 Å². The monoisotopic (exact) mass is 413 g/mol. The summed E-state index contributed by atoms with van der Waals surface area (Å²) in [6, 6.07) is 13.0. The number of carbonyl (C=O) groups is 2. The minimum Gasteiger partial charge on any atom is -0.497 e. The van der Waals surface area contributed by atoms with Crippen LogP contribution in [0.15, 0.2) is 42.5 Å². The maximum atomic E-state index is 12.6. The molecule has 1 aliphatic heterocycles. The molecule has 0 radical (unpaired) electrons. The summed E-state index contributed by atoms with van der Waals surface area (Å²) in [5, 5.41) is 2.98. The van der Waals surface area contributed by atoms with Crippen LogP contribution >= 0.6 is 0 Å². The Morgan fingerprint density at radius 1 is 1.07 bits per heavy atom. The fourth-order valence-electron chi connectivity index (χ4n) is 3.96. The van der Waals surface area contributed by atoms with Crippen molar-refractivity contribution in [1.29, 1.82) is 0 Å². The SMILES string of the molecule is COC(=O)c1ccc(CNC(=O)C[NH+]2CCC[C@H]2c2cc(OC)ccc2OC)cc1. The van der Waals surface area contributed by atoms with Crippen LogP contribution in [0.2, 0.25) is 0 Å². The smallest absolute Gasteiger partial charge is 0.337 e. The molecular weight excluding hydrogens is 384 g/mol. The molecule has 2 atom stereocenters. The predicted molar refractivity (Wildman–Crippen MR) is 112 cm³/mol. The van der Waals surface area contributed by atoms with Crippen molar-refractivity contribution in [1.82, 2.24) is 5.32 Å². The van der Waals surface area contributed by atoms with Crippen LogP contribution in [-0.4, -0.2) is 46.3 Å². The van der Waals surface area contributed by atoms with Crippen LogP contribution in [0.25, 0.3) is 0 Å². The third-order valence-corrected chi connectivity index (χ3v) is 5.55. The Bertz CT molecular complexity index is 882. The van der Waals surface area contributed by atoms with E-state index in [-0.39, 0.29) is 17.9 Å². The molecule has 7 heteroatoms. The largest absolute Gasteiger partial charge is 0.497 e. The van der Waals surface area contributed by atoms with Gasteiger partial charge in [-0.2, -0.15) is 0 Å². The Morgan fingerprint density at radius 3 is 2.50 bits per heavy atom. The van der Waals surface area contributed by atoms with Gasteiger partial charge in [-0.1, -0.05) is 12.1 Å². The number of esters is 1. The number of benzene rings is 2. The topological polar surface area (TPSA) is 78.3 Å². The van der Waals surface area contributed by atoms with Gasteiger partial charge in [0.05, 0.1) is 39.0 Å². The van der Waals surface area contributed by atoms with E-state index in [1.807, 2.05) is 30.3 Å². The molecule has 2 aromatic carbocycles. The Balaban J connectivity index is 1.60. The summed E-state index contributed by atoms with van der Waals surface area (Å²) in [5.41, 5.74) is 2.50. The zero-order valence-corrected chi connectivity index (χ0v) is 17.7. The van der Waals surface area contributed by atoms with Crippen LogP contribution in [-0.2, 0) is 16.1 Å². The molecule has 2 aromatic rings. The minimum atomic E-state index is -0.373. The fourth-order valence-corrected chi connectivity index (χ4v) is 3.96. The predicted octanol–water partition coefficient (Wildman–Crippen LogP) is 1.53. The van der Waals surface area contributed by atoms with E-state index in [9.17, 15) is 9.59 Å². The quantitative estimate of drug-likeness (QED) is 0.642. The third-order valence-electron chi connectivity index (χ3n) is 5.55. The molecule has 1 saturated heterocycles. The van der Waals surface area contributed by atoms with Gasteiger partial charge in [0.1, 0.15) is 17.5 Å². The molecule has 1 aliphatic rings. The van der Waals surface area contributed by atoms with Crippen LogP contribution in [0.5, 0.6) is 11.5 Å². The molecule has 1 heterocycles. The van der Waals surface area contributed by atoms with Crippen LogP contribution in [0.4, 0.5) is 0 Å². The average molecular weight is 413 g/mol. The zero-order chi connectivity index (χ0) is 21.5. The van der Waals surface area contributed by atoms with Crippen molar-refractivity contribution >= 4 is 11.9 Å². The van der Waals surface area contributed by atoms with Gasteiger partial charge in [-0.15, -0.1) is 0 Å². The number of carbonyl (C=O) groups excluding carboxylic acids is 2. The number of likely N-dealkylation sites (tertiary alicyclic amines) is 1. The van der Waals surface area contributed by atoms with E-state index < -0.39 is 0 Å². The first-order valence-corrected chi connectivity index (χ1v) is 10.1. The van der Waals surface area contributed by atoms with Gasteiger partial charge in [0.15, 0.2) is 6.54 Å². The lowest BCUT2D eigenvalue weighted by atomic mass is 10.0. The number of nitrogens with one attached hydrogen (secondary N) is 2. The van der Waals surface area contributed by atoms with Crippen molar-refractivity contribution in [3.05, 3.63) is 59.2 Å². The van der Waals surface area contributed by atoms with Crippen molar-refractivity contribution < 1.29 is 28.7 Å². The van der Waals surface area contributed by atoms with Crippen molar-refractivity contribution in [2.24, 2.45) is 0 Å². The van der Waals surface area contributed by atoms with Crippen molar-refractivity contribution in [3.8, 4) is 11.5 Å². The molecule has 160 valence electrons. The van der Waals surface area contributed by atoms with Gasteiger partial charge in [-0.05, 0) is 35.9 Å². The second-order valence-corrected chi connectivity index (χ2v) is 7.35. The fraction of sp³-hybridized carbons (Fsp3) is 0.391. The molecule has 0 aliphatic carbocycles. The first-order valence-electron chi connectivity index (χ1n) is 10.1. The maximum absolute atomic E-state index is 12.6. The highest BCUT2D eigenvalue weighted by Crippen LogP contribution is 2.31. The zero-order valence-electron chi connectivity index (χ0n) is 17.7. The van der Waals surface area contributed by atoms with Crippen molar-refractivity contribution in [3.63, 3.8) is 0 Å². The lowest BCUT2D eigenvalue weighted by Gasteiger charge is -2.23. The highest BCUT2D eigenvalue weighted by atomic mass is 16.5. The van der Waals surface area contributed by atoms with Gasteiger partial charge >= 0.3 is 5.97 Å². The van der Waals surface area contributed by atoms with Gasteiger partial charge < -0.3 is 24.4 Å². The number of quaternary nitrogens is 1. The second kappa shape index (κ2) is 10.1. The van der Waals surface area contributed by atoms with Crippen LogP contribution < -0.4 is 19.7 Å². The van der Waals surface area contributed by atoms with E-state index in [4.69, 9.17) is 14.2 Å². The first-order chi connectivity index (χ1) is 14.5. The molecule has 0 saturated carbocycles. The van der Waals surface area contributed by atoms with Crippen LogP contribution in [0.3, 0.4) is 0 Å². The van der Waals surface area contributed by atoms with Gasteiger partial charge in [-0.25, -0.2) is 4.79 Å². The molecule has 1 unspecified atom stereocenters.